The number of amides is 1. The van der Waals surface area contributed by atoms with E-state index in [-0.39, 0.29) is 0 Å². The van der Waals surface area contributed by atoms with Gasteiger partial charge >= 0.3 is 6.09 Å². The molecule has 1 unspecified atom stereocenters. The van der Waals surface area contributed by atoms with Crippen molar-refractivity contribution >= 4 is 6.09 Å². The minimum atomic E-state index is -0.797. The van der Waals surface area contributed by atoms with Crippen LogP contribution in [-0.4, -0.2) is 24.0 Å². The summed E-state index contributed by atoms with van der Waals surface area (Å²) in [5, 5.41) is 11.9. The summed E-state index contributed by atoms with van der Waals surface area (Å²) in [5.74, 6) is 0.399. The van der Waals surface area contributed by atoms with Crippen molar-refractivity contribution in [3.8, 4) is 0 Å². The SMILES string of the molecule is CCCCOC(=O)NC(O)C[C@@H](C)CC. The van der Waals surface area contributed by atoms with Gasteiger partial charge in [0, 0.05) is 0 Å². The van der Waals surface area contributed by atoms with Crippen LogP contribution < -0.4 is 5.32 Å². The monoisotopic (exact) mass is 217 g/mol. The molecule has 0 aliphatic carbocycles. The number of carbonyl (C=O) groups is 1. The lowest BCUT2D eigenvalue weighted by atomic mass is 10.0. The first-order valence-electron chi connectivity index (χ1n) is 5.71. The molecule has 0 spiro atoms. The second kappa shape index (κ2) is 8.53. The van der Waals surface area contributed by atoms with Gasteiger partial charge in [0.05, 0.1) is 6.61 Å². The van der Waals surface area contributed by atoms with Crippen LogP contribution in [0.25, 0.3) is 0 Å². The van der Waals surface area contributed by atoms with E-state index >= 15 is 0 Å². The van der Waals surface area contributed by atoms with Gasteiger partial charge in [-0.25, -0.2) is 4.79 Å². The highest BCUT2D eigenvalue weighted by molar-refractivity contribution is 5.67. The van der Waals surface area contributed by atoms with Crippen LogP contribution in [-0.2, 0) is 4.74 Å². The van der Waals surface area contributed by atoms with Crippen LogP contribution in [0.1, 0.15) is 46.5 Å². The van der Waals surface area contributed by atoms with E-state index in [0.29, 0.717) is 18.9 Å². The number of nitrogens with one attached hydrogen (secondary N) is 1. The van der Waals surface area contributed by atoms with Gasteiger partial charge in [-0.3, -0.25) is 5.32 Å². The van der Waals surface area contributed by atoms with Crippen molar-refractivity contribution in [2.24, 2.45) is 5.92 Å². The molecule has 0 aromatic rings. The van der Waals surface area contributed by atoms with Crippen LogP contribution >= 0.6 is 0 Å². The quantitative estimate of drug-likeness (QED) is 0.508. The van der Waals surface area contributed by atoms with Crippen molar-refractivity contribution in [2.45, 2.75) is 52.7 Å². The van der Waals surface area contributed by atoms with Crippen molar-refractivity contribution in [3.05, 3.63) is 0 Å². The summed E-state index contributed by atoms with van der Waals surface area (Å²) in [6, 6.07) is 0. The van der Waals surface area contributed by atoms with E-state index in [2.05, 4.69) is 12.2 Å². The summed E-state index contributed by atoms with van der Waals surface area (Å²) in [6.07, 6.45) is 2.08. The van der Waals surface area contributed by atoms with E-state index in [1.807, 2.05) is 13.8 Å². The fraction of sp³-hybridized carbons (Fsp3) is 0.909. The van der Waals surface area contributed by atoms with E-state index in [1.54, 1.807) is 0 Å². The molecule has 0 heterocycles. The Hall–Kier alpha value is -0.770. The zero-order chi connectivity index (χ0) is 11.7. The lowest BCUT2D eigenvalue weighted by molar-refractivity contribution is 0.0845. The minimum Gasteiger partial charge on any atom is -0.450 e. The Morgan fingerprint density at radius 2 is 2.13 bits per heavy atom. The average Bonchev–Trinajstić information content (AvgIpc) is 2.17. The third kappa shape index (κ3) is 8.24. The number of alkyl carbamates (subject to hydrolysis) is 1. The maximum absolute atomic E-state index is 11.1. The Morgan fingerprint density at radius 1 is 1.47 bits per heavy atom. The fourth-order valence-electron chi connectivity index (χ4n) is 1.09. The van der Waals surface area contributed by atoms with Crippen LogP contribution in [0.5, 0.6) is 0 Å². The van der Waals surface area contributed by atoms with E-state index in [9.17, 15) is 9.90 Å². The normalized spacial score (nSPS) is 14.4. The smallest absolute Gasteiger partial charge is 0.409 e. The van der Waals surface area contributed by atoms with Gasteiger partial charge < -0.3 is 9.84 Å². The average molecular weight is 217 g/mol. The molecule has 0 rings (SSSR count). The zero-order valence-corrected chi connectivity index (χ0v) is 9.95. The molecule has 0 bridgehead atoms. The van der Waals surface area contributed by atoms with Gasteiger partial charge in [-0.15, -0.1) is 0 Å². The molecule has 0 aliphatic rings. The molecule has 0 aliphatic heterocycles. The molecule has 90 valence electrons. The molecule has 4 heteroatoms. The van der Waals surface area contributed by atoms with Crippen LogP contribution in [0, 0.1) is 5.92 Å². The molecule has 0 fully saturated rings. The topological polar surface area (TPSA) is 58.6 Å². The molecule has 0 saturated heterocycles. The molecular weight excluding hydrogens is 194 g/mol. The molecule has 0 radical (unpaired) electrons. The van der Waals surface area contributed by atoms with Crippen LogP contribution in [0.2, 0.25) is 0 Å². The Balaban J connectivity index is 3.57. The largest absolute Gasteiger partial charge is 0.450 e. The van der Waals surface area contributed by atoms with Crippen molar-refractivity contribution in [1.29, 1.82) is 0 Å². The highest BCUT2D eigenvalue weighted by Gasteiger charge is 2.12. The molecule has 0 aromatic heterocycles. The van der Waals surface area contributed by atoms with Gasteiger partial charge in [0.15, 0.2) is 0 Å². The maximum atomic E-state index is 11.1. The molecule has 0 aromatic carbocycles. The van der Waals surface area contributed by atoms with Gasteiger partial charge in [0.1, 0.15) is 6.23 Å². The maximum Gasteiger partial charge on any atom is 0.409 e. The highest BCUT2D eigenvalue weighted by Crippen LogP contribution is 2.08. The van der Waals surface area contributed by atoms with Gasteiger partial charge in [0.25, 0.3) is 0 Å². The summed E-state index contributed by atoms with van der Waals surface area (Å²) in [6.45, 7) is 6.53. The second-order valence-electron chi connectivity index (χ2n) is 3.90. The predicted molar refractivity (Wildman–Crippen MR) is 59.5 cm³/mol. The van der Waals surface area contributed by atoms with Gasteiger partial charge in [-0.1, -0.05) is 33.6 Å². The van der Waals surface area contributed by atoms with Gasteiger partial charge in [-0.05, 0) is 18.8 Å². The standard InChI is InChI=1S/C11H23NO3/c1-4-6-7-15-11(14)12-10(13)8-9(3)5-2/h9-10,13H,4-8H2,1-3H3,(H,12,14)/t9-,10?/m0/s1. The molecule has 2 N–H and O–H groups in total. The molecule has 15 heavy (non-hydrogen) atoms. The minimum absolute atomic E-state index is 0.399. The van der Waals surface area contributed by atoms with Crippen molar-refractivity contribution < 1.29 is 14.6 Å². The third-order valence-electron chi connectivity index (χ3n) is 2.34. The summed E-state index contributed by atoms with van der Waals surface area (Å²) >= 11 is 0. The number of carbonyl (C=O) groups excluding carboxylic acids is 1. The number of aliphatic hydroxyl groups excluding tert-OH is 1. The zero-order valence-electron chi connectivity index (χ0n) is 9.95. The van der Waals surface area contributed by atoms with Crippen molar-refractivity contribution in [2.75, 3.05) is 6.61 Å². The first-order chi connectivity index (χ1) is 7.10. The Morgan fingerprint density at radius 3 is 2.67 bits per heavy atom. The summed E-state index contributed by atoms with van der Waals surface area (Å²) in [4.78, 5) is 11.1. The van der Waals surface area contributed by atoms with Crippen molar-refractivity contribution in [1.82, 2.24) is 5.32 Å². The van der Waals surface area contributed by atoms with Gasteiger partial charge in [-0.2, -0.15) is 0 Å². The Bertz CT molecular complexity index is 173. The van der Waals surface area contributed by atoms with Crippen LogP contribution in [0.3, 0.4) is 0 Å². The number of unbranched alkanes of at least 4 members (excludes halogenated alkanes) is 1. The fourth-order valence-corrected chi connectivity index (χ4v) is 1.09. The molecular formula is C11H23NO3. The lowest BCUT2D eigenvalue weighted by Gasteiger charge is -2.16. The summed E-state index contributed by atoms with van der Waals surface area (Å²) < 4.78 is 4.86. The van der Waals surface area contributed by atoms with E-state index in [1.165, 1.54) is 0 Å². The third-order valence-corrected chi connectivity index (χ3v) is 2.34. The molecule has 1 amide bonds. The van der Waals surface area contributed by atoms with Crippen molar-refractivity contribution in [3.63, 3.8) is 0 Å². The summed E-state index contributed by atoms with van der Waals surface area (Å²) in [7, 11) is 0. The summed E-state index contributed by atoms with van der Waals surface area (Å²) in [5.41, 5.74) is 0. The van der Waals surface area contributed by atoms with E-state index < -0.39 is 12.3 Å². The molecule has 0 saturated carbocycles. The number of hydrogen-bond donors (Lipinski definition) is 2. The second-order valence-corrected chi connectivity index (χ2v) is 3.90. The van der Waals surface area contributed by atoms with Crippen LogP contribution in [0.15, 0.2) is 0 Å². The van der Waals surface area contributed by atoms with E-state index in [0.717, 1.165) is 19.3 Å². The Kier molecular flexibility index (Phi) is 8.09. The van der Waals surface area contributed by atoms with Crippen LogP contribution in [0.4, 0.5) is 4.79 Å². The first-order valence-corrected chi connectivity index (χ1v) is 5.71. The van der Waals surface area contributed by atoms with E-state index in [4.69, 9.17) is 4.74 Å². The lowest BCUT2D eigenvalue weighted by Crippen LogP contribution is -2.36. The number of ether oxygens (including phenoxy) is 1. The molecule has 2 atom stereocenters. The Labute approximate surface area is 92.0 Å². The number of hydrogen-bond acceptors (Lipinski definition) is 3. The number of rotatable bonds is 7. The highest BCUT2D eigenvalue weighted by atomic mass is 16.5. The first kappa shape index (κ1) is 14.2. The predicted octanol–water partition coefficient (Wildman–Crippen LogP) is 2.27. The molecule has 4 nitrogen and oxygen atoms in total. The number of aliphatic hydroxyl groups is 1. The van der Waals surface area contributed by atoms with Gasteiger partial charge in [0.2, 0.25) is 0 Å².